The van der Waals surface area contributed by atoms with Crippen molar-refractivity contribution in [2.24, 2.45) is 11.8 Å². The molecule has 92 valence electrons. The van der Waals surface area contributed by atoms with E-state index in [2.05, 4.69) is 32.2 Å². The summed E-state index contributed by atoms with van der Waals surface area (Å²) in [4.78, 5) is 0. The summed E-state index contributed by atoms with van der Waals surface area (Å²) < 4.78 is 11.6. The van der Waals surface area contributed by atoms with E-state index in [1.165, 1.54) is 0 Å². The van der Waals surface area contributed by atoms with Gasteiger partial charge in [0.1, 0.15) is 5.76 Å². The first-order valence-electron chi connectivity index (χ1n) is 6.30. The number of hydrogen-bond donors (Lipinski definition) is 1. The summed E-state index contributed by atoms with van der Waals surface area (Å²) in [5, 5.41) is 3.39. The standard InChI is InChI=1S/C13H23NO2/c1-8-9(2)16-10(3)12(8)13(14-4)11-6-5-7-15-11/h6,8-10,12-14H,5,7H2,1-4H3. The molecule has 2 heterocycles. The van der Waals surface area contributed by atoms with Crippen molar-refractivity contribution in [1.29, 1.82) is 0 Å². The largest absolute Gasteiger partial charge is 0.496 e. The number of hydrogen-bond acceptors (Lipinski definition) is 3. The van der Waals surface area contributed by atoms with Gasteiger partial charge in [-0.3, -0.25) is 0 Å². The van der Waals surface area contributed by atoms with Crippen molar-refractivity contribution in [3.8, 4) is 0 Å². The molecule has 3 heteroatoms. The molecular weight excluding hydrogens is 202 g/mol. The highest BCUT2D eigenvalue weighted by Crippen LogP contribution is 2.37. The minimum atomic E-state index is 0.299. The highest BCUT2D eigenvalue weighted by Gasteiger charge is 2.43. The molecule has 0 bridgehead atoms. The van der Waals surface area contributed by atoms with Crippen LogP contribution in [0.1, 0.15) is 27.2 Å². The molecule has 1 saturated heterocycles. The lowest BCUT2D eigenvalue weighted by Gasteiger charge is -2.29. The first-order chi connectivity index (χ1) is 7.65. The van der Waals surface area contributed by atoms with Crippen molar-refractivity contribution in [2.45, 2.75) is 45.4 Å². The molecule has 16 heavy (non-hydrogen) atoms. The van der Waals surface area contributed by atoms with Crippen LogP contribution in [0.4, 0.5) is 0 Å². The summed E-state index contributed by atoms with van der Waals surface area (Å²) in [5.74, 6) is 2.19. The molecule has 0 aromatic heterocycles. The van der Waals surface area contributed by atoms with E-state index in [1.807, 2.05) is 7.05 Å². The molecule has 0 aromatic rings. The van der Waals surface area contributed by atoms with Gasteiger partial charge in [-0.15, -0.1) is 0 Å². The van der Waals surface area contributed by atoms with E-state index in [0.717, 1.165) is 18.8 Å². The van der Waals surface area contributed by atoms with Gasteiger partial charge < -0.3 is 14.8 Å². The second-order valence-electron chi connectivity index (χ2n) is 4.99. The van der Waals surface area contributed by atoms with Crippen molar-refractivity contribution < 1.29 is 9.47 Å². The Kier molecular flexibility index (Phi) is 3.55. The fourth-order valence-corrected chi connectivity index (χ4v) is 3.05. The third-order valence-corrected chi connectivity index (χ3v) is 4.05. The van der Waals surface area contributed by atoms with Crippen LogP contribution < -0.4 is 5.32 Å². The highest BCUT2D eigenvalue weighted by molar-refractivity contribution is 5.11. The second-order valence-corrected chi connectivity index (χ2v) is 4.99. The molecule has 1 N–H and O–H groups in total. The Labute approximate surface area is 98.2 Å². The Balaban J connectivity index is 2.14. The summed E-state index contributed by atoms with van der Waals surface area (Å²) >= 11 is 0. The maximum atomic E-state index is 5.91. The van der Waals surface area contributed by atoms with Gasteiger partial charge in [-0.25, -0.2) is 0 Å². The Morgan fingerprint density at radius 2 is 2.06 bits per heavy atom. The minimum absolute atomic E-state index is 0.299. The van der Waals surface area contributed by atoms with E-state index in [1.54, 1.807) is 0 Å². The Hall–Kier alpha value is -0.540. The maximum Gasteiger partial charge on any atom is 0.109 e. The van der Waals surface area contributed by atoms with Crippen LogP contribution in [0.5, 0.6) is 0 Å². The van der Waals surface area contributed by atoms with Gasteiger partial charge in [-0.05, 0) is 32.9 Å². The monoisotopic (exact) mass is 225 g/mol. The van der Waals surface area contributed by atoms with Crippen LogP contribution in [0.15, 0.2) is 11.8 Å². The molecule has 0 radical (unpaired) electrons. The number of likely N-dealkylation sites (N-methyl/N-ethyl adjacent to an activating group) is 1. The van der Waals surface area contributed by atoms with E-state index in [9.17, 15) is 0 Å². The van der Waals surface area contributed by atoms with Crippen LogP contribution in [0, 0.1) is 11.8 Å². The smallest absolute Gasteiger partial charge is 0.109 e. The van der Waals surface area contributed by atoms with Crippen molar-refractivity contribution in [1.82, 2.24) is 5.32 Å². The molecule has 0 aromatic carbocycles. The molecule has 0 spiro atoms. The topological polar surface area (TPSA) is 30.5 Å². The summed E-state index contributed by atoms with van der Waals surface area (Å²) in [6.45, 7) is 7.44. The average Bonchev–Trinajstić information content (AvgIpc) is 2.84. The van der Waals surface area contributed by atoms with E-state index >= 15 is 0 Å². The summed E-state index contributed by atoms with van der Waals surface area (Å²) in [5.41, 5.74) is 0. The third kappa shape index (κ3) is 1.98. The highest BCUT2D eigenvalue weighted by atomic mass is 16.5. The molecule has 3 nitrogen and oxygen atoms in total. The van der Waals surface area contributed by atoms with Crippen LogP contribution in [0.25, 0.3) is 0 Å². The van der Waals surface area contributed by atoms with Gasteiger partial charge >= 0.3 is 0 Å². The third-order valence-electron chi connectivity index (χ3n) is 4.05. The van der Waals surface area contributed by atoms with Crippen LogP contribution >= 0.6 is 0 Å². The summed E-state index contributed by atoms with van der Waals surface area (Å²) in [7, 11) is 2.01. The van der Waals surface area contributed by atoms with Crippen LogP contribution in [-0.2, 0) is 9.47 Å². The molecule has 2 aliphatic rings. The average molecular weight is 225 g/mol. The second kappa shape index (κ2) is 4.76. The van der Waals surface area contributed by atoms with Gasteiger partial charge in [0.15, 0.2) is 0 Å². The zero-order valence-electron chi connectivity index (χ0n) is 10.7. The Bertz CT molecular complexity index is 277. The lowest BCUT2D eigenvalue weighted by atomic mass is 9.82. The van der Waals surface area contributed by atoms with Crippen molar-refractivity contribution in [2.75, 3.05) is 13.7 Å². The predicted octanol–water partition coefficient (Wildman–Crippen LogP) is 1.94. The molecule has 0 saturated carbocycles. The Morgan fingerprint density at radius 3 is 2.50 bits per heavy atom. The minimum Gasteiger partial charge on any atom is -0.496 e. The molecule has 1 fully saturated rings. The fourth-order valence-electron chi connectivity index (χ4n) is 3.05. The van der Waals surface area contributed by atoms with Crippen molar-refractivity contribution in [3.63, 3.8) is 0 Å². The van der Waals surface area contributed by atoms with Gasteiger partial charge in [-0.2, -0.15) is 0 Å². The molecule has 5 atom stereocenters. The van der Waals surface area contributed by atoms with E-state index in [4.69, 9.17) is 9.47 Å². The summed E-state index contributed by atoms with van der Waals surface area (Å²) in [6.07, 6.45) is 3.90. The van der Waals surface area contributed by atoms with Gasteiger partial charge in [-0.1, -0.05) is 6.92 Å². The Morgan fingerprint density at radius 1 is 1.31 bits per heavy atom. The zero-order chi connectivity index (χ0) is 11.7. The quantitative estimate of drug-likeness (QED) is 0.796. The molecular formula is C13H23NO2. The number of rotatable bonds is 3. The molecule has 2 rings (SSSR count). The van der Waals surface area contributed by atoms with Crippen molar-refractivity contribution in [3.05, 3.63) is 11.8 Å². The van der Waals surface area contributed by atoms with Gasteiger partial charge in [0.25, 0.3) is 0 Å². The number of nitrogens with one attached hydrogen (secondary N) is 1. The number of ether oxygens (including phenoxy) is 2. The van der Waals surface area contributed by atoms with Gasteiger partial charge in [0.05, 0.1) is 24.9 Å². The van der Waals surface area contributed by atoms with Gasteiger partial charge in [0.2, 0.25) is 0 Å². The van der Waals surface area contributed by atoms with Crippen LogP contribution in [-0.4, -0.2) is 31.9 Å². The lowest BCUT2D eigenvalue weighted by Crippen LogP contribution is -2.41. The predicted molar refractivity (Wildman–Crippen MR) is 64.2 cm³/mol. The SMILES string of the molecule is CNC(C1=CCCO1)C1C(C)OC(C)C1C. The van der Waals surface area contributed by atoms with E-state index in [0.29, 0.717) is 30.1 Å². The normalized spacial score (nSPS) is 40.6. The molecule has 0 amide bonds. The summed E-state index contributed by atoms with van der Waals surface area (Å²) in [6, 6.07) is 0.303. The first kappa shape index (κ1) is 11.9. The zero-order valence-corrected chi connectivity index (χ0v) is 10.7. The van der Waals surface area contributed by atoms with Crippen LogP contribution in [0.2, 0.25) is 0 Å². The van der Waals surface area contributed by atoms with Crippen LogP contribution in [0.3, 0.4) is 0 Å². The molecule has 0 aliphatic carbocycles. The van der Waals surface area contributed by atoms with E-state index in [-0.39, 0.29) is 0 Å². The maximum absolute atomic E-state index is 5.91. The molecule has 5 unspecified atom stereocenters. The lowest BCUT2D eigenvalue weighted by molar-refractivity contribution is 0.0467. The first-order valence-corrected chi connectivity index (χ1v) is 6.30. The molecule has 2 aliphatic heterocycles. The fraction of sp³-hybridized carbons (Fsp3) is 0.846. The van der Waals surface area contributed by atoms with E-state index < -0.39 is 0 Å². The van der Waals surface area contributed by atoms with Gasteiger partial charge in [0, 0.05) is 12.3 Å². The van der Waals surface area contributed by atoms with Crippen molar-refractivity contribution >= 4 is 0 Å².